The molecule has 0 amide bonds. The zero-order valence-electron chi connectivity index (χ0n) is 24.6. The maximum absolute atomic E-state index is 6.41. The van der Waals surface area contributed by atoms with E-state index >= 15 is 0 Å². The zero-order valence-corrected chi connectivity index (χ0v) is 24.6. The number of hydrogen-bond donors (Lipinski definition) is 0. The minimum absolute atomic E-state index is 0.906. The fraction of sp³-hybridized carbons (Fsp3) is 0. The molecule has 0 radical (unpaired) electrons. The van der Waals surface area contributed by atoms with E-state index in [2.05, 4.69) is 170 Å². The van der Waals surface area contributed by atoms with Crippen LogP contribution in [0.2, 0.25) is 0 Å². The molecule has 1 heteroatoms. The number of furan rings is 1. The molecule has 1 heterocycles. The van der Waals surface area contributed by atoms with Crippen molar-refractivity contribution in [3.63, 3.8) is 0 Å². The van der Waals surface area contributed by atoms with Crippen LogP contribution in [0.25, 0.3) is 88.0 Å². The summed E-state index contributed by atoms with van der Waals surface area (Å²) in [4.78, 5) is 0. The molecule has 45 heavy (non-hydrogen) atoms. The van der Waals surface area contributed by atoms with Gasteiger partial charge in [0.05, 0.1) is 0 Å². The standard InChI is InChI=1S/C44H28O/c1-3-12-30(13-4-1)34-20-11-21-40-44(34)39-27-26-33(28-41(39)45-40)29-22-24-32(25-23-29)43-37-18-9-7-16-35(37)42(31-14-5-2-6-15-31)36-17-8-10-19-38(36)43/h1-28H. The van der Waals surface area contributed by atoms with Crippen LogP contribution in [-0.2, 0) is 0 Å². The van der Waals surface area contributed by atoms with Gasteiger partial charge >= 0.3 is 0 Å². The number of rotatable bonds is 4. The normalized spacial score (nSPS) is 11.6. The number of benzene rings is 8. The van der Waals surface area contributed by atoms with Gasteiger partial charge in [-0.1, -0.05) is 152 Å². The summed E-state index contributed by atoms with van der Waals surface area (Å²) >= 11 is 0. The first-order chi connectivity index (χ1) is 22.3. The first-order valence-electron chi connectivity index (χ1n) is 15.4. The molecule has 0 unspecified atom stereocenters. The van der Waals surface area contributed by atoms with E-state index in [0.29, 0.717) is 0 Å². The van der Waals surface area contributed by atoms with E-state index in [0.717, 1.165) is 22.1 Å². The highest BCUT2D eigenvalue weighted by Crippen LogP contribution is 2.44. The maximum Gasteiger partial charge on any atom is 0.136 e. The monoisotopic (exact) mass is 572 g/mol. The molecule has 0 atom stereocenters. The molecule has 0 saturated carbocycles. The van der Waals surface area contributed by atoms with Gasteiger partial charge in [-0.15, -0.1) is 0 Å². The molecule has 1 aromatic heterocycles. The average Bonchev–Trinajstić information content (AvgIpc) is 3.49. The van der Waals surface area contributed by atoms with Gasteiger partial charge in [0.25, 0.3) is 0 Å². The second-order valence-corrected chi connectivity index (χ2v) is 11.6. The van der Waals surface area contributed by atoms with E-state index in [-0.39, 0.29) is 0 Å². The van der Waals surface area contributed by atoms with Gasteiger partial charge in [0.15, 0.2) is 0 Å². The summed E-state index contributed by atoms with van der Waals surface area (Å²) in [5.74, 6) is 0. The Labute approximate surface area is 261 Å². The van der Waals surface area contributed by atoms with Crippen LogP contribution < -0.4 is 0 Å². The largest absolute Gasteiger partial charge is 0.456 e. The molecule has 0 fully saturated rings. The fourth-order valence-electron chi connectivity index (χ4n) is 7.05. The van der Waals surface area contributed by atoms with E-state index < -0.39 is 0 Å². The molecule has 9 rings (SSSR count). The molecule has 9 aromatic rings. The second-order valence-electron chi connectivity index (χ2n) is 11.6. The van der Waals surface area contributed by atoms with E-state index in [1.54, 1.807) is 0 Å². The van der Waals surface area contributed by atoms with Crippen molar-refractivity contribution in [1.82, 2.24) is 0 Å². The molecule has 0 bridgehead atoms. The van der Waals surface area contributed by atoms with Crippen molar-refractivity contribution in [2.24, 2.45) is 0 Å². The Bertz CT molecular complexity index is 2450. The Balaban J connectivity index is 1.17. The highest BCUT2D eigenvalue weighted by molar-refractivity contribution is 6.21. The molecule has 0 aliphatic heterocycles. The summed E-state index contributed by atoms with van der Waals surface area (Å²) < 4.78 is 6.41. The van der Waals surface area contributed by atoms with E-state index in [1.807, 2.05) is 0 Å². The lowest BCUT2D eigenvalue weighted by molar-refractivity contribution is 0.669. The van der Waals surface area contributed by atoms with Crippen LogP contribution in [0.15, 0.2) is 174 Å². The Morgan fingerprint density at radius 2 is 0.778 bits per heavy atom. The van der Waals surface area contributed by atoms with E-state index in [4.69, 9.17) is 4.42 Å². The van der Waals surface area contributed by atoms with Crippen molar-refractivity contribution < 1.29 is 4.42 Å². The van der Waals surface area contributed by atoms with Gasteiger partial charge in [-0.3, -0.25) is 0 Å². The molecule has 0 aliphatic rings. The summed E-state index contributed by atoms with van der Waals surface area (Å²) in [7, 11) is 0. The van der Waals surface area contributed by atoms with Gasteiger partial charge < -0.3 is 4.42 Å². The minimum Gasteiger partial charge on any atom is -0.456 e. The lowest BCUT2D eigenvalue weighted by atomic mass is 9.86. The van der Waals surface area contributed by atoms with Gasteiger partial charge in [-0.05, 0) is 84.3 Å². The summed E-state index contributed by atoms with van der Waals surface area (Å²) in [5, 5.41) is 7.37. The summed E-state index contributed by atoms with van der Waals surface area (Å²) in [6.45, 7) is 0. The Hall–Kier alpha value is -5.92. The SMILES string of the molecule is c1ccc(-c2c3ccccc3c(-c3ccc(-c4ccc5c(c4)oc4cccc(-c6ccccc6)c45)cc3)c3ccccc23)cc1. The lowest BCUT2D eigenvalue weighted by Gasteiger charge is -2.18. The smallest absolute Gasteiger partial charge is 0.136 e. The summed E-state index contributed by atoms with van der Waals surface area (Å²) in [5.41, 5.74) is 11.5. The van der Waals surface area contributed by atoms with Gasteiger partial charge in [-0.2, -0.15) is 0 Å². The maximum atomic E-state index is 6.41. The Kier molecular flexibility index (Phi) is 5.89. The summed E-state index contributed by atoms with van der Waals surface area (Å²) in [6, 6.07) is 60.8. The van der Waals surface area contributed by atoms with Crippen LogP contribution in [0.5, 0.6) is 0 Å². The molecular formula is C44H28O. The molecular weight excluding hydrogens is 544 g/mol. The minimum atomic E-state index is 0.906. The third-order valence-electron chi connectivity index (χ3n) is 9.08. The lowest BCUT2D eigenvalue weighted by Crippen LogP contribution is -1.90. The molecule has 8 aromatic carbocycles. The Morgan fingerprint density at radius 3 is 1.38 bits per heavy atom. The van der Waals surface area contributed by atoms with Crippen LogP contribution in [-0.4, -0.2) is 0 Å². The highest BCUT2D eigenvalue weighted by atomic mass is 16.3. The van der Waals surface area contributed by atoms with Gasteiger partial charge in [0, 0.05) is 10.8 Å². The van der Waals surface area contributed by atoms with Gasteiger partial charge in [-0.25, -0.2) is 0 Å². The predicted molar refractivity (Wildman–Crippen MR) is 190 cm³/mol. The molecule has 0 N–H and O–H groups in total. The van der Waals surface area contributed by atoms with Crippen molar-refractivity contribution in [3.8, 4) is 44.5 Å². The average molecular weight is 573 g/mol. The van der Waals surface area contributed by atoms with Crippen LogP contribution in [0.4, 0.5) is 0 Å². The quantitative estimate of drug-likeness (QED) is 0.191. The van der Waals surface area contributed by atoms with Crippen LogP contribution in [0.1, 0.15) is 0 Å². The number of fused-ring (bicyclic) bond motifs is 5. The third-order valence-corrected chi connectivity index (χ3v) is 9.08. The van der Waals surface area contributed by atoms with E-state index in [1.165, 1.54) is 65.9 Å². The topological polar surface area (TPSA) is 13.1 Å². The number of hydrogen-bond acceptors (Lipinski definition) is 1. The molecule has 1 nitrogen and oxygen atoms in total. The van der Waals surface area contributed by atoms with Crippen molar-refractivity contribution in [1.29, 1.82) is 0 Å². The zero-order chi connectivity index (χ0) is 29.7. The van der Waals surface area contributed by atoms with Crippen LogP contribution in [0, 0.1) is 0 Å². The fourth-order valence-corrected chi connectivity index (χ4v) is 7.05. The molecule has 0 saturated heterocycles. The molecule has 0 aliphatic carbocycles. The van der Waals surface area contributed by atoms with Gasteiger partial charge in [0.1, 0.15) is 11.2 Å². The second kappa shape index (κ2) is 10.4. The summed E-state index contributed by atoms with van der Waals surface area (Å²) in [6.07, 6.45) is 0. The van der Waals surface area contributed by atoms with Crippen molar-refractivity contribution in [2.45, 2.75) is 0 Å². The van der Waals surface area contributed by atoms with Crippen molar-refractivity contribution in [2.75, 3.05) is 0 Å². The third kappa shape index (κ3) is 4.17. The van der Waals surface area contributed by atoms with Crippen LogP contribution in [0.3, 0.4) is 0 Å². The molecule has 210 valence electrons. The first-order valence-corrected chi connectivity index (χ1v) is 15.4. The van der Waals surface area contributed by atoms with Gasteiger partial charge in [0.2, 0.25) is 0 Å². The predicted octanol–water partition coefficient (Wildman–Crippen LogP) is 12.6. The highest BCUT2D eigenvalue weighted by Gasteiger charge is 2.17. The van der Waals surface area contributed by atoms with E-state index in [9.17, 15) is 0 Å². The Morgan fingerprint density at radius 1 is 0.289 bits per heavy atom. The molecule has 0 spiro atoms. The van der Waals surface area contributed by atoms with Crippen molar-refractivity contribution in [3.05, 3.63) is 170 Å². The van der Waals surface area contributed by atoms with Crippen LogP contribution >= 0.6 is 0 Å². The first kappa shape index (κ1) is 25.6. The van der Waals surface area contributed by atoms with Crippen molar-refractivity contribution >= 4 is 43.5 Å².